The van der Waals surface area contributed by atoms with Crippen LogP contribution in [0.4, 0.5) is 4.39 Å². The van der Waals surface area contributed by atoms with Crippen LogP contribution in [0.3, 0.4) is 0 Å². The molecule has 1 aromatic rings. The fraction of sp³-hybridized carbons (Fsp3) is 0.545. The highest BCUT2D eigenvalue weighted by atomic mass is 19.1. The standard InChI is InChI=1S/C11H17FN2O/c1-8(2)14-7-11(3,15)10-5-4-9(12)6-13-10/h4-6,8,14-15H,7H2,1-3H3. The Morgan fingerprint density at radius 2 is 2.20 bits per heavy atom. The zero-order valence-corrected chi connectivity index (χ0v) is 9.29. The molecule has 0 bridgehead atoms. The number of halogens is 1. The van der Waals surface area contributed by atoms with Gasteiger partial charge in [-0.3, -0.25) is 4.98 Å². The molecule has 3 nitrogen and oxygen atoms in total. The Labute approximate surface area is 89.4 Å². The molecule has 2 N–H and O–H groups in total. The Bertz CT molecular complexity index is 309. The Morgan fingerprint density at radius 1 is 1.53 bits per heavy atom. The van der Waals surface area contributed by atoms with E-state index in [0.717, 1.165) is 6.20 Å². The number of nitrogens with one attached hydrogen (secondary N) is 1. The Balaban J connectivity index is 2.72. The molecule has 0 spiro atoms. The van der Waals surface area contributed by atoms with E-state index >= 15 is 0 Å². The fourth-order valence-electron chi connectivity index (χ4n) is 1.19. The Morgan fingerprint density at radius 3 is 2.67 bits per heavy atom. The van der Waals surface area contributed by atoms with Gasteiger partial charge in [0.15, 0.2) is 0 Å². The van der Waals surface area contributed by atoms with Gasteiger partial charge in [0.2, 0.25) is 0 Å². The van der Waals surface area contributed by atoms with E-state index in [1.807, 2.05) is 13.8 Å². The van der Waals surface area contributed by atoms with Crippen LogP contribution in [0.5, 0.6) is 0 Å². The summed E-state index contributed by atoms with van der Waals surface area (Å²) in [5, 5.41) is 13.2. The van der Waals surface area contributed by atoms with Crippen LogP contribution >= 0.6 is 0 Å². The van der Waals surface area contributed by atoms with Crippen LogP contribution in [0.1, 0.15) is 26.5 Å². The summed E-state index contributed by atoms with van der Waals surface area (Å²) in [6.07, 6.45) is 1.11. The van der Waals surface area contributed by atoms with Crippen LogP contribution < -0.4 is 5.32 Å². The molecule has 1 atom stereocenters. The molecule has 0 radical (unpaired) electrons. The largest absolute Gasteiger partial charge is 0.383 e. The number of hydrogen-bond acceptors (Lipinski definition) is 3. The Kier molecular flexibility index (Phi) is 3.77. The summed E-state index contributed by atoms with van der Waals surface area (Å²) in [7, 11) is 0. The average molecular weight is 212 g/mol. The lowest BCUT2D eigenvalue weighted by Gasteiger charge is -2.24. The summed E-state index contributed by atoms with van der Waals surface area (Å²) in [4.78, 5) is 3.86. The summed E-state index contributed by atoms with van der Waals surface area (Å²) >= 11 is 0. The number of nitrogens with zero attached hydrogens (tertiary/aromatic N) is 1. The van der Waals surface area contributed by atoms with Crippen molar-refractivity contribution in [2.24, 2.45) is 0 Å². The van der Waals surface area contributed by atoms with E-state index in [9.17, 15) is 9.50 Å². The van der Waals surface area contributed by atoms with Crippen molar-refractivity contribution in [2.45, 2.75) is 32.4 Å². The van der Waals surface area contributed by atoms with Gasteiger partial charge in [-0.25, -0.2) is 4.39 Å². The summed E-state index contributed by atoms with van der Waals surface area (Å²) < 4.78 is 12.6. The topological polar surface area (TPSA) is 45.1 Å². The third-order valence-corrected chi connectivity index (χ3v) is 2.13. The van der Waals surface area contributed by atoms with E-state index in [1.165, 1.54) is 12.1 Å². The second-order valence-electron chi connectivity index (χ2n) is 4.17. The van der Waals surface area contributed by atoms with Crippen LogP contribution in [0, 0.1) is 5.82 Å². The molecular weight excluding hydrogens is 195 g/mol. The van der Waals surface area contributed by atoms with Gasteiger partial charge in [0.25, 0.3) is 0 Å². The molecule has 1 unspecified atom stereocenters. The third kappa shape index (κ3) is 3.57. The molecule has 0 aromatic carbocycles. The van der Waals surface area contributed by atoms with E-state index in [4.69, 9.17) is 0 Å². The minimum Gasteiger partial charge on any atom is -0.383 e. The number of aromatic nitrogens is 1. The summed E-state index contributed by atoms with van der Waals surface area (Å²) in [5.41, 5.74) is -0.602. The first kappa shape index (κ1) is 12.1. The zero-order valence-electron chi connectivity index (χ0n) is 9.29. The molecule has 0 saturated carbocycles. The van der Waals surface area contributed by atoms with Gasteiger partial charge in [0, 0.05) is 12.6 Å². The van der Waals surface area contributed by atoms with Crippen molar-refractivity contribution in [1.29, 1.82) is 0 Å². The highest BCUT2D eigenvalue weighted by molar-refractivity contribution is 5.13. The average Bonchev–Trinajstić information content (AvgIpc) is 2.16. The van der Waals surface area contributed by atoms with Gasteiger partial charge in [-0.2, -0.15) is 0 Å². The lowest BCUT2D eigenvalue weighted by Crippen LogP contribution is -2.39. The predicted octanol–water partition coefficient (Wildman–Crippen LogP) is 1.43. The van der Waals surface area contributed by atoms with Gasteiger partial charge in [0.05, 0.1) is 11.9 Å². The normalized spacial score (nSPS) is 15.3. The van der Waals surface area contributed by atoms with Crippen molar-refractivity contribution in [3.63, 3.8) is 0 Å². The monoisotopic (exact) mass is 212 g/mol. The fourth-order valence-corrected chi connectivity index (χ4v) is 1.19. The molecule has 4 heteroatoms. The Hall–Kier alpha value is -1.00. The maximum atomic E-state index is 12.6. The maximum Gasteiger partial charge on any atom is 0.141 e. The molecule has 1 heterocycles. The van der Waals surface area contributed by atoms with Gasteiger partial charge >= 0.3 is 0 Å². The summed E-state index contributed by atoms with van der Waals surface area (Å²) in [5.74, 6) is -0.397. The van der Waals surface area contributed by atoms with Crippen molar-refractivity contribution >= 4 is 0 Å². The molecule has 0 amide bonds. The molecule has 0 saturated heterocycles. The highest BCUT2D eigenvalue weighted by Gasteiger charge is 2.24. The molecule has 84 valence electrons. The van der Waals surface area contributed by atoms with Gasteiger partial charge in [-0.15, -0.1) is 0 Å². The summed E-state index contributed by atoms with van der Waals surface area (Å²) in [6, 6.07) is 3.08. The van der Waals surface area contributed by atoms with E-state index < -0.39 is 11.4 Å². The number of rotatable bonds is 4. The zero-order chi connectivity index (χ0) is 11.5. The first-order valence-corrected chi connectivity index (χ1v) is 4.99. The van der Waals surface area contributed by atoms with Crippen molar-refractivity contribution in [3.05, 3.63) is 29.8 Å². The molecule has 0 aliphatic heterocycles. The van der Waals surface area contributed by atoms with Gasteiger partial charge < -0.3 is 10.4 Å². The van der Waals surface area contributed by atoms with Crippen LogP contribution in [-0.4, -0.2) is 22.7 Å². The minimum atomic E-state index is -1.07. The molecule has 0 aliphatic carbocycles. The molecular formula is C11H17FN2O. The molecule has 1 aromatic heterocycles. The quantitative estimate of drug-likeness (QED) is 0.793. The van der Waals surface area contributed by atoms with Crippen LogP contribution in [0.2, 0.25) is 0 Å². The van der Waals surface area contributed by atoms with Gasteiger partial charge in [0.1, 0.15) is 11.4 Å². The van der Waals surface area contributed by atoms with Crippen molar-refractivity contribution in [2.75, 3.05) is 6.54 Å². The van der Waals surface area contributed by atoms with Gasteiger partial charge in [-0.1, -0.05) is 13.8 Å². The molecule has 15 heavy (non-hydrogen) atoms. The number of aliphatic hydroxyl groups is 1. The lowest BCUT2D eigenvalue weighted by atomic mass is 10.0. The third-order valence-electron chi connectivity index (χ3n) is 2.13. The van der Waals surface area contributed by atoms with Crippen molar-refractivity contribution in [3.8, 4) is 0 Å². The first-order chi connectivity index (χ1) is 6.92. The van der Waals surface area contributed by atoms with Gasteiger partial charge in [-0.05, 0) is 19.1 Å². The smallest absolute Gasteiger partial charge is 0.141 e. The molecule has 0 fully saturated rings. The van der Waals surface area contributed by atoms with Crippen molar-refractivity contribution in [1.82, 2.24) is 10.3 Å². The van der Waals surface area contributed by atoms with Crippen LogP contribution in [0.25, 0.3) is 0 Å². The second-order valence-corrected chi connectivity index (χ2v) is 4.17. The van der Waals surface area contributed by atoms with E-state index in [0.29, 0.717) is 12.2 Å². The molecule has 1 rings (SSSR count). The first-order valence-electron chi connectivity index (χ1n) is 4.99. The SMILES string of the molecule is CC(C)NCC(C)(O)c1ccc(F)cn1. The number of hydrogen-bond donors (Lipinski definition) is 2. The van der Waals surface area contributed by atoms with E-state index in [1.54, 1.807) is 6.92 Å². The minimum absolute atomic E-state index is 0.289. The summed E-state index contributed by atoms with van der Waals surface area (Å²) in [6.45, 7) is 6.04. The second kappa shape index (κ2) is 4.68. The number of pyridine rings is 1. The maximum absolute atomic E-state index is 12.6. The highest BCUT2D eigenvalue weighted by Crippen LogP contribution is 2.17. The van der Waals surface area contributed by atoms with E-state index in [-0.39, 0.29) is 6.04 Å². The van der Waals surface area contributed by atoms with E-state index in [2.05, 4.69) is 10.3 Å². The molecule has 0 aliphatic rings. The lowest BCUT2D eigenvalue weighted by molar-refractivity contribution is 0.0504. The predicted molar refractivity (Wildman–Crippen MR) is 56.9 cm³/mol. The van der Waals surface area contributed by atoms with Crippen LogP contribution in [-0.2, 0) is 5.60 Å². The van der Waals surface area contributed by atoms with Crippen molar-refractivity contribution < 1.29 is 9.50 Å². The van der Waals surface area contributed by atoms with Crippen LogP contribution in [0.15, 0.2) is 18.3 Å².